The Balaban J connectivity index is 1.23. The SMILES string of the molecule is Cc1c(NC(=O)CNc2cccc(OCCCc3ccccc3)c2)cccc1NC(=O)C1CC1. The van der Waals surface area contributed by atoms with E-state index in [0.717, 1.165) is 48.4 Å². The van der Waals surface area contributed by atoms with Crippen molar-refractivity contribution in [3.63, 3.8) is 0 Å². The van der Waals surface area contributed by atoms with Crippen molar-refractivity contribution in [3.05, 3.63) is 83.9 Å². The highest BCUT2D eigenvalue weighted by atomic mass is 16.5. The van der Waals surface area contributed by atoms with Gasteiger partial charge in [0.05, 0.1) is 13.2 Å². The highest BCUT2D eigenvalue weighted by molar-refractivity contribution is 5.98. The molecule has 4 rings (SSSR count). The summed E-state index contributed by atoms with van der Waals surface area (Å²) in [6.45, 7) is 2.64. The maximum Gasteiger partial charge on any atom is 0.243 e. The number of benzene rings is 3. The van der Waals surface area contributed by atoms with E-state index < -0.39 is 0 Å². The summed E-state index contributed by atoms with van der Waals surface area (Å²) < 4.78 is 5.88. The first kappa shape index (κ1) is 23.4. The van der Waals surface area contributed by atoms with Crippen molar-refractivity contribution >= 4 is 28.9 Å². The lowest BCUT2D eigenvalue weighted by Crippen LogP contribution is -2.22. The van der Waals surface area contributed by atoms with Crippen molar-refractivity contribution < 1.29 is 14.3 Å². The van der Waals surface area contributed by atoms with Crippen LogP contribution in [0.5, 0.6) is 5.75 Å². The lowest BCUT2D eigenvalue weighted by molar-refractivity contribution is -0.117. The van der Waals surface area contributed by atoms with Crippen LogP contribution in [0.2, 0.25) is 0 Å². The van der Waals surface area contributed by atoms with Crippen molar-refractivity contribution in [1.82, 2.24) is 0 Å². The van der Waals surface area contributed by atoms with Crippen molar-refractivity contribution in [3.8, 4) is 5.75 Å². The average Bonchev–Trinajstić information content (AvgIpc) is 3.70. The van der Waals surface area contributed by atoms with E-state index in [1.54, 1.807) is 0 Å². The van der Waals surface area contributed by atoms with Gasteiger partial charge in [0.2, 0.25) is 11.8 Å². The molecule has 1 saturated carbocycles. The van der Waals surface area contributed by atoms with E-state index in [1.165, 1.54) is 5.56 Å². The monoisotopic (exact) mass is 457 g/mol. The molecule has 6 nitrogen and oxygen atoms in total. The van der Waals surface area contributed by atoms with Crippen molar-refractivity contribution in [2.75, 3.05) is 29.1 Å². The average molecular weight is 458 g/mol. The minimum atomic E-state index is -0.164. The Hall–Kier alpha value is -3.80. The van der Waals surface area contributed by atoms with E-state index >= 15 is 0 Å². The molecular formula is C28H31N3O3. The van der Waals surface area contributed by atoms with Gasteiger partial charge in [-0.3, -0.25) is 9.59 Å². The maximum absolute atomic E-state index is 12.5. The zero-order valence-electron chi connectivity index (χ0n) is 19.5. The van der Waals surface area contributed by atoms with Crippen LogP contribution in [0.4, 0.5) is 17.1 Å². The summed E-state index contributed by atoms with van der Waals surface area (Å²) in [5.41, 5.74) is 4.39. The molecule has 0 bridgehead atoms. The third-order valence-electron chi connectivity index (χ3n) is 5.82. The van der Waals surface area contributed by atoms with Crippen LogP contribution in [-0.2, 0) is 16.0 Å². The minimum Gasteiger partial charge on any atom is -0.494 e. The number of hydrogen-bond acceptors (Lipinski definition) is 4. The van der Waals surface area contributed by atoms with E-state index in [4.69, 9.17) is 4.74 Å². The second-order valence-electron chi connectivity index (χ2n) is 8.61. The molecule has 0 aromatic heterocycles. The molecule has 0 radical (unpaired) electrons. The van der Waals surface area contributed by atoms with Crippen LogP contribution >= 0.6 is 0 Å². The van der Waals surface area contributed by atoms with Crippen molar-refractivity contribution in [2.45, 2.75) is 32.6 Å². The summed E-state index contributed by atoms with van der Waals surface area (Å²) in [4.78, 5) is 24.6. The van der Waals surface area contributed by atoms with Gasteiger partial charge in [0.1, 0.15) is 5.75 Å². The first-order chi connectivity index (χ1) is 16.6. The third-order valence-corrected chi connectivity index (χ3v) is 5.82. The van der Waals surface area contributed by atoms with Gasteiger partial charge >= 0.3 is 0 Å². The van der Waals surface area contributed by atoms with Gasteiger partial charge < -0.3 is 20.7 Å². The number of anilines is 3. The third kappa shape index (κ3) is 6.85. The van der Waals surface area contributed by atoms with Gasteiger partial charge in [0, 0.05) is 29.0 Å². The van der Waals surface area contributed by atoms with E-state index in [0.29, 0.717) is 12.3 Å². The fourth-order valence-corrected chi connectivity index (χ4v) is 3.67. The fraction of sp³-hybridized carbons (Fsp3) is 0.286. The Morgan fingerprint density at radius 2 is 1.65 bits per heavy atom. The number of nitrogens with one attached hydrogen (secondary N) is 3. The molecule has 0 unspecified atom stereocenters. The molecule has 3 N–H and O–H groups in total. The van der Waals surface area contributed by atoms with E-state index in [1.807, 2.05) is 67.6 Å². The van der Waals surface area contributed by atoms with Gasteiger partial charge in [-0.1, -0.05) is 42.5 Å². The number of carbonyl (C=O) groups excluding carboxylic acids is 2. The maximum atomic E-state index is 12.5. The molecule has 3 aromatic carbocycles. The first-order valence-corrected chi connectivity index (χ1v) is 11.8. The van der Waals surface area contributed by atoms with Crippen LogP contribution in [0.1, 0.15) is 30.4 Å². The zero-order chi connectivity index (χ0) is 23.8. The van der Waals surface area contributed by atoms with Crippen LogP contribution < -0.4 is 20.7 Å². The van der Waals surface area contributed by atoms with Crippen molar-refractivity contribution in [1.29, 1.82) is 0 Å². The molecule has 176 valence electrons. The summed E-state index contributed by atoms with van der Waals surface area (Å²) in [5, 5.41) is 9.04. The highest BCUT2D eigenvalue weighted by Gasteiger charge is 2.29. The molecule has 6 heteroatoms. The normalized spacial score (nSPS) is 12.6. The predicted octanol–water partition coefficient (Wildman–Crippen LogP) is 5.41. The summed E-state index contributed by atoms with van der Waals surface area (Å²) in [6, 6.07) is 23.5. The smallest absolute Gasteiger partial charge is 0.243 e. The Kier molecular flexibility index (Phi) is 7.81. The Labute approximate surface area is 200 Å². The molecular weight excluding hydrogens is 426 g/mol. The van der Waals surface area contributed by atoms with Gasteiger partial charge in [0.15, 0.2) is 0 Å². The molecule has 34 heavy (non-hydrogen) atoms. The Morgan fingerprint density at radius 1 is 0.912 bits per heavy atom. The van der Waals surface area contributed by atoms with Crippen LogP contribution in [0.15, 0.2) is 72.8 Å². The lowest BCUT2D eigenvalue weighted by atomic mass is 10.1. The quantitative estimate of drug-likeness (QED) is 0.337. The van der Waals surface area contributed by atoms with E-state index in [2.05, 4.69) is 28.1 Å². The van der Waals surface area contributed by atoms with Crippen LogP contribution in [0.25, 0.3) is 0 Å². The summed E-state index contributed by atoms with van der Waals surface area (Å²) in [5.74, 6) is 0.789. The topological polar surface area (TPSA) is 79.5 Å². The van der Waals surface area contributed by atoms with Crippen LogP contribution in [0, 0.1) is 12.8 Å². The molecule has 0 atom stereocenters. The number of aryl methyl sites for hydroxylation is 1. The largest absolute Gasteiger partial charge is 0.494 e. The summed E-state index contributed by atoms with van der Waals surface area (Å²) >= 11 is 0. The Morgan fingerprint density at radius 3 is 2.41 bits per heavy atom. The summed E-state index contributed by atoms with van der Waals surface area (Å²) in [6.07, 6.45) is 3.81. The number of ether oxygens (including phenoxy) is 1. The van der Waals surface area contributed by atoms with Gasteiger partial charge in [-0.05, 0) is 68.0 Å². The van der Waals surface area contributed by atoms with Gasteiger partial charge in [0.25, 0.3) is 0 Å². The van der Waals surface area contributed by atoms with Crippen molar-refractivity contribution in [2.24, 2.45) is 5.92 Å². The van der Waals surface area contributed by atoms with E-state index in [-0.39, 0.29) is 24.3 Å². The number of carbonyl (C=O) groups is 2. The molecule has 2 amide bonds. The predicted molar refractivity (Wildman–Crippen MR) is 136 cm³/mol. The molecule has 3 aromatic rings. The number of hydrogen-bond donors (Lipinski definition) is 3. The second kappa shape index (κ2) is 11.4. The van der Waals surface area contributed by atoms with E-state index in [9.17, 15) is 9.59 Å². The minimum absolute atomic E-state index is 0.0513. The standard InChI is InChI=1S/C28H31N3O3/c1-20-25(13-6-14-26(20)31-28(33)22-15-16-22)30-27(32)19-29-23-11-5-12-24(18-23)34-17-7-10-21-8-3-2-4-9-21/h2-6,8-9,11-14,18,22,29H,7,10,15-17,19H2,1H3,(H,30,32)(H,31,33). The highest BCUT2D eigenvalue weighted by Crippen LogP contribution is 2.31. The molecule has 0 spiro atoms. The van der Waals surface area contributed by atoms with Crippen LogP contribution in [-0.4, -0.2) is 25.0 Å². The fourth-order valence-electron chi connectivity index (χ4n) is 3.67. The molecule has 1 fully saturated rings. The summed E-state index contributed by atoms with van der Waals surface area (Å²) in [7, 11) is 0. The molecule has 0 saturated heterocycles. The van der Waals surface area contributed by atoms with Gasteiger partial charge in [-0.15, -0.1) is 0 Å². The molecule has 0 aliphatic heterocycles. The number of rotatable bonds is 11. The molecule has 0 heterocycles. The van der Waals surface area contributed by atoms with Crippen LogP contribution in [0.3, 0.4) is 0 Å². The molecule has 1 aliphatic rings. The Bertz CT molecular complexity index is 1130. The second-order valence-corrected chi connectivity index (χ2v) is 8.61. The zero-order valence-corrected chi connectivity index (χ0v) is 19.5. The lowest BCUT2D eigenvalue weighted by Gasteiger charge is -2.14. The van der Waals surface area contributed by atoms with Gasteiger partial charge in [-0.25, -0.2) is 0 Å². The first-order valence-electron chi connectivity index (χ1n) is 11.8. The van der Waals surface area contributed by atoms with Gasteiger partial charge in [-0.2, -0.15) is 0 Å². The number of amides is 2. The molecule has 1 aliphatic carbocycles.